The summed E-state index contributed by atoms with van der Waals surface area (Å²) in [5, 5.41) is 6.04. The maximum Gasteiger partial charge on any atom is 0.183 e. The van der Waals surface area contributed by atoms with Crippen LogP contribution in [0.5, 0.6) is 0 Å². The van der Waals surface area contributed by atoms with Crippen molar-refractivity contribution in [2.45, 2.75) is 29.1 Å². The van der Waals surface area contributed by atoms with E-state index < -0.39 is 8.07 Å². The number of para-hydroxylation sites is 2. The third kappa shape index (κ3) is 3.00. The lowest BCUT2D eigenvalue weighted by molar-refractivity contribution is 0.632. The number of hydrogen-bond donors (Lipinski definition) is 0. The van der Waals surface area contributed by atoms with Gasteiger partial charge in [-0.25, -0.2) is 0 Å². The lowest BCUT2D eigenvalue weighted by atomic mass is 9.73. The number of benzene rings is 6. The first-order chi connectivity index (χ1) is 20.6. The molecule has 200 valence electrons. The fourth-order valence-electron chi connectivity index (χ4n) is 7.93. The summed E-state index contributed by atoms with van der Waals surface area (Å²) in [4.78, 5) is 5.30. The van der Waals surface area contributed by atoms with Crippen LogP contribution in [0.3, 0.4) is 0 Å². The van der Waals surface area contributed by atoms with Gasteiger partial charge in [0.1, 0.15) is 0 Å². The average molecular weight is 572 g/mol. The molecule has 0 fully saturated rings. The van der Waals surface area contributed by atoms with Crippen LogP contribution in [-0.4, -0.2) is 8.07 Å². The van der Waals surface area contributed by atoms with E-state index in [0.717, 1.165) is 0 Å². The van der Waals surface area contributed by atoms with Gasteiger partial charge in [-0.05, 0) is 79.4 Å². The topological polar surface area (TPSA) is 3.24 Å². The highest BCUT2D eigenvalue weighted by molar-refractivity contribution is 8.00. The van der Waals surface area contributed by atoms with E-state index in [0.29, 0.717) is 0 Å². The van der Waals surface area contributed by atoms with Gasteiger partial charge < -0.3 is 4.90 Å². The maximum absolute atomic E-state index is 2.56. The van der Waals surface area contributed by atoms with Crippen molar-refractivity contribution in [3.8, 4) is 11.1 Å². The molecule has 0 N–H and O–H groups in total. The molecule has 0 saturated carbocycles. The largest absolute Gasteiger partial charge is 0.310 e. The van der Waals surface area contributed by atoms with Crippen LogP contribution in [0, 0.1) is 0 Å². The Hall–Kier alpha value is -4.31. The monoisotopic (exact) mass is 571 g/mol. The molecule has 42 heavy (non-hydrogen) atoms. The van der Waals surface area contributed by atoms with Gasteiger partial charge in [0.05, 0.1) is 11.4 Å². The minimum atomic E-state index is -2.56. The van der Waals surface area contributed by atoms with Crippen molar-refractivity contribution in [1.29, 1.82) is 0 Å². The zero-order valence-electron chi connectivity index (χ0n) is 23.6. The minimum absolute atomic E-state index is 0.0783. The molecule has 1 nitrogen and oxygen atoms in total. The van der Waals surface area contributed by atoms with Gasteiger partial charge in [0, 0.05) is 20.9 Å². The Bertz CT molecular complexity index is 1980. The van der Waals surface area contributed by atoms with E-state index in [1.54, 1.807) is 0 Å². The smallest absolute Gasteiger partial charge is 0.183 e. The Kier molecular flexibility index (Phi) is 4.98. The Labute approximate surface area is 252 Å². The third-order valence-corrected chi connectivity index (χ3v) is 16.2. The van der Waals surface area contributed by atoms with Crippen molar-refractivity contribution in [3.05, 3.63) is 151 Å². The average Bonchev–Trinajstić information content (AvgIpc) is 3.32. The van der Waals surface area contributed by atoms with Gasteiger partial charge >= 0.3 is 0 Å². The van der Waals surface area contributed by atoms with Gasteiger partial charge in [-0.3, -0.25) is 0 Å². The summed E-state index contributed by atoms with van der Waals surface area (Å²) in [6, 6.07) is 52.8. The van der Waals surface area contributed by atoms with E-state index in [9.17, 15) is 0 Å². The molecule has 0 radical (unpaired) electrons. The minimum Gasteiger partial charge on any atom is -0.310 e. The van der Waals surface area contributed by atoms with Gasteiger partial charge in [0.25, 0.3) is 0 Å². The molecule has 3 heteroatoms. The van der Waals surface area contributed by atoms with Crippen LogP contribution in [-0.2, 0) is 5.41 Å². The maximum atomic E-state index is 2.55. The number of anilines is 3. The van der Waals surface area contributed by atoms with Gasteiger partial charge in [-0.15, -0.1) is 0 Å². The quantitative estimate of drug-likeness (QED) is 0.187. The predicted octanol–water partition coefficient (Wildman–Crippen LogP) is 7.62. The molecular weight excluding hydrogens is 543 g/mol. The molecule has 3 heterocycles. The molecule has 6 aromatic carbocycles. The third-order valence-electron chi connectivity index (χ3n) is 9.73. The predicted molar refractivity (Wildman–Crippen MR) is 180 cm³/mol. The van der Waals surface area contributed by atoms with Crippen molar-refractivity contribution in [3.63, 3.8) is 0 Å². The molecule has 0 atom stereocenters. The van der Waals surface area contributed by atoms with Crippen molar-refractivity contribution in [2.75, 3.05) is 4.90 Å². The van der Waals surface area contributed by atoms with E-state index in [2.05, 4.69) is 158 Å². The van der Waals surface area contributed by atoms with E-state index in [1.165, 1.54) is 69.9 Å². The van der Waals surface area contributed by atoms with Crippen LogP contribution in [0.4, 0.5) is 17.1 Å². The standard InChI is InChI=1S/C39H29NSSi/c1-39(2)29-14-4-6-16-31(29)40(32-17-7-5-15-30(32)39)26-23-24-28-27-13-3-10-20-35(27)42(38(28)25-26)36-21-11-8-18-33(36)41-34-19-9-12-22-37(34)42/h3-25H,1-2H3. The number of nitrogens with zero attached hydrogens (tertiary/aromatic N) is 1. The Morgan fingerprint density at radius 2 is 1.00 bits per heavy atom. The highest BCUT2D eigenvalue weighted by atomic mass is 32.2. The van der Waals surface area contributed by atoms with Gasteiger partial charge in [0.2, 0.25) is 0 Å². The molecule has 3 aliphatic rings. The first kappa shape index (κ1) is 24.3. The molecular formula is C39H29NSSi. The molecule has 0 aromatic heterocycles. The molecule has 1 spiro atoms. The number of hydrogen-bond acceptors (Lipinski definition) is 2. The normalized spacial score (nSPS) is 16.1. The Morgan fingerprint density at radius 3 is 1.64 bits per heavy atom. The Morgan fingerprint density at radius 1 is 0.500 bits per heavy atom. The molecule has 0 saturated heterocycles. The van der Waals surface area contributed by atoms with Crippen LogP contribution in [0.1, 0.15) is 25.0 Å². The zero-order valence-corrected chi connectivity index (χ0v) is 25.5. The summed E-state index contributed by atoms with van der Waals surface area (Å²) in [6.07, 6.45) is 0. The molecule has 0 aliphatic carbocycles. The zero-order chi connectivity index (χ0) is 28.1. The highest BCUT2D eigenvalue weighted by Gasteiger charge is 2.52. The molecule has 0 amide bonds. The van der Waals surface area contributed by atoms with Crippen LogP contribution < -0.4 is 25.6 Å². The van der Waals surface area contributed by atoms with E-state index >= 15 is 0 Å². The van der Waals surface area contributed by atoms with Crippen molar-refractivity contribution in [1.82, 2.24) is 0 Å². The SMILES string of the molecule is CC1(C)c2ccccc2N(c2ccc3c(c2)[Si]2(c4ccccc4Sc4ccccc42)c2ccccc2-3)c2ccccc21. The van der Waals surface area contributed by atoms with Crippen LogP contribution in [0.15, 0.2) is 149 Å². The fraction of sp³-hybridized carbons (Fsp3) is 0.0769. The fourth-order valence-corrected chi connectivity index (χ4v) is 15.3. The summed E-state index contributed by atoms with van der Waals surface area (Å²) in [5.41, 5.74) is 9.20. The van der Waals surface area contributed by atoms with Gasteiger partial charge in [-0.2, -0.15) is 0 Å². The van der Waals surface area contributed by atoms with Gasteiger partial charge in [-0.1, -0.05) is 129 Å². The Balaban J connectivity index is 1.38. The second-order valence-corrected chi connectivity index (χ2v) is 16.9. The van der Waals surface area contributed by atoms with Crippen LogP contribution in [0.25, 0.3) is 11.1 Å². The molecule has 0 bridgehead atoms. The molecule has 6 aromatic rings. The first-order valence-corrected chi connectivity index (χ1v) is 17.5. The van der Waals surface area contributed by atoms with E-state index in [1.807, 2.05) is 11.8 Å². The van der Waals surface area contributed by atoms with Crippen LogP contribution in [0.2, 0.25) is 0 Å². The second-order valence-electron chi connectivity index (χ2n) is 12.1. The van der Waals surface area contributed by atoms with Crippen LogP contribution >= 0.6 is 11.8 Å². The van der Waals surface area contributed by atoms with Crippen molar-refractivity contribution >= 4 is 57.6 Å². The number of fused-ring (bicyclic) bond motifs is 11. The van der Waals surface area contributed by atoms with Gasteiger partial charge in [0.15, 0.2) is 8.07 Å². The van der Waals surface area contributed by atoms with Crippen molar-refractivity contribution < 1.29 is 0 Å². The molecule has 9 rings (SSSR count). The summed E-state index contributed by atoms with van der Waals surface area (Å²) < 4.78 is 0. The second kappa shape index (κ2) is 8.60. The van der Waals surface area contributed by atoms with E-state index in [4.69, 9.17) is 0 Å². The highest BCUT2D eigenvalue weighted by Crippen LogP contribution is 2.52. The summed E-state index contributed by atoms with van der Waals surface area (Å²) in [7, 11) is -2.56. The summed E-state index contributed by atoms with van der Waals surface area (Å²) in [5.74, 6) is 0. The summed E-state index contributed by atoms with van der Waals surface area (Å²) in [6.45, 7) is 4.72. The van der Waals surface area contributed by atoms with Crippen molar-refractivity contribution in [2.24, 2.45) is 0 Å². The summed E-state index contributed by atoms with van der Waals surface area (Å²) >= 11 is 1.93. The lowest BCUT2D eigenvalue weighted by Crippen LogP contribution is -2.74. The first-order valence-electron chi connectivity index (χ1n) is 14.7. The lowest BCUT2D eigenvalue weighted by Gasteiger charge is -2.42. The molecule has 3 aliphatic heterocycles. The molecule has 0 unspecified atom stereocenters. The number of rotatable bonds is 1. The van der Waals surface area contributed by atoms with E-state index in [-0.39, 0.29) is 5.41 Å².